The fourth-order valence-corrected chi connectivity index (χ4v) is 0.755. The van der Waals surface area contributed by atoms with Gasteiger partial charge in [0.1, 0.15) is 0 Å². The minimum atomic E-state index is -2.27. The van der Waals surface area contributed by atoms with Crippen LogP contribution in [0.2, 0.25) is 0 Å². The summed E-state index contributed by atoms with van der Waals surface area (Å²) in [6.45, 7) is 0.859. The van der Waals surface area contributed by atoms with Crippen molar-refractivity contribution in [2.45, 2.75) is 24.9 Å². The number of carbonyl (C=O) groups is 3. The lowest BCUT2D eigenvalue weighted by Crippen LogP contribution is -2.45. The van der Waals surface area contributed by atoms with E-state index in [9.17, 15) is 14.4 Å². The third-order valence-corrected chi connectivity index (χ3v) is 1.83. The average molecular weight is 267 g/mol. The van der Waals surface area contributed by atoms with Crippen molar-refractivity contribution in [3.05, 3.63) is 0 Å². The van der Waals surface area contributed by atoms with Gasteiger partial charge in [0.2, 0.25) is 0 Å². The standard InChI is InChI=1S/C4H7NO3.C4H6O6/c6-4(7)8-3-1-2-5-3;5-1(3(7)8)2(6)4(9)10/h3,5H,1-2H2,(H,6,7);1-2,5-6H,(H,7,8)(H,9,10). The molecule has 3 unspecified atom stereocenters. The predicted octanol–water partition coefficient (Wildman–Crippen LogP) is -2.12. The lowest BCUT2D eigenvalue weighted by atomic mass is 10.2. The van der Waals surface area contributed by atoms with E-state index in [4.69, 9.17) is 25.5 Å². The number of nitrogens with one attached hydrogen (secondary N) is 1. The van der Waals surface area contributed by atoms with Gasteiger partial charge in [-0.3, -0.25) is 5.32 Å². The lowest BCUT2D eigenvalue weighted by Gasteiger charge is -2.25. The molecule has 1 aliphatic heterocycles. The summed E-state index contributed by atoms with van der Waals surface area (Å²) in [4.78, 5) is 29.3. The number of aliphatic hydroxyl groups excluding tert-OH is 2. The van der Waals surface area contributed by atoms with E-state index in [1.807, 2.05) is 0 Å². The number of hydrogen-bond donors (Lipinski definition) is 6. The van der Waals surface area contributed by atoms with E-state index in [1.165, 1.54) is 0 Å². The second kappa shape index (κ2) is 7.42. The number of aliphatic carboxylic acids is 2. The van der Waals surface area contributed by atoms with E-state index in [2.05, 4.69) is 10.1 Å². The molecule has 1 heterocycles. The Kier molecular flexibility index (Phi) is 6.63. The molecule has 0 radical (unpaired) electrons. The third kappa shape index (κ3) is 5.98. The highest BCUT2D eigenvalue weighted by atomic mass is 16.7. The zero-order valence-electron chi connectivity index (χ0n) is 9.02. The maximum Gasteiger partial charge on any atom is 0.507 e. The Bertz CT molecular complexity index is 296. The molecule has 10 nitrogen and oxygen atoms in total. The van der Waals surface area contributed by atoms with Gasteiger partial charge in [0.15, 0.2) is 18.4 Å². The first-order valence-corrected chi connectivity index (χ1v) is 4.70. The Balaban J connectivity index is 0.000000327. The van der Waals surface area contributed by atoms with Gasteiger partial charge in [0.05, 0.1) is 0 Å². The topological polar surface area (TPSA) is 174 Å². The minimum absolute atomic E-state index is 0.243. The van der Waals surface area contributed by atoms with Crippen LogP contribution in [0.4, 0.5) is 4.79 Å². The summed E-state index contributed by atoms with van der Waals surface area (Å²) in [7, 11) is 0. The van der Waals surface area contributed by atoms with E-state index in [-0.39, 0.29) is 6.23 Å². The summed E-state index contributed by atoms with van der Waals surface area (Å²) in [6.07, 6.45) is -5.18. The van der Waals surface area contributed by atoms with Gasteiger partial charge >= 0.3 is 18.1 Å². The van der Waals surface area contributed by atoms with Gasteiger partial charge in [0, 0.05) is 13.0 Å². The summed E-state index contributed by atoms with van der Waals surface area (Å²) >= 11 is 0. The Morgan fingerprint density at radius 2 is 1.44 bits per heavy atom. The summed E-state index contributed by atoms with van der Waals surface area (Å²) in [6, 6.07) is 0. The van der Waals surface area contributed by atoms with Crippen molar-refractivity contribution in [1.29, 1.82) is 0 Å². The Morgan fingerprint density at radius 1 is 1.06 bits per heavy atom. The number of hydrogen-bond acceptors (Lipinski definition) is 7. The van der Waals surface area contributed by atoms with Gasteiger partial charge in [-0.05, 0) is 0 Å². The van der Waals surface area contributed by atoms with E-state index < -0.39 is 30.3 Å². The van der Waals surface area contributed by atoms with Crippen molar-refractivity contribution < 1.29 is 44.7 Å². The second-order valence-corrected chi connectivity index (χ2v) is 3.18. The molecule has 0 amide bonds. The molecule has 0 saturated carbocycles. The molecule has 0 aromatic heterocycles. The normalized spacial score (nSPS) is 20.4. The highest BCUT2D eigenvalue weighted by Crippen LogP contribution is 2.02. The average Bonchev–Trinajstić information content (AvgIpc) is 2.22. The Morgan fingerprint density at radius 3 is 1.56 bits per heavy atom. The van der Waals surface area contributed by atoms with Crippen LogP contribution < -0.4 is 5.32 Å². The van der Waals surface area contributed by atoms with E-state index in [1.54, 1.807) is 0 Å². The van der Waals surface area contributed by atoms with Crippen LogP contribution in [0.3, 0.4) is 0 Å². The maximum absolute atomic E-state index is 9.77. The van der Waals surface area contributed by atoms with Crippen molar-refractivity contribution in [2.24, 2.45) is 0 Å². The molecule has 1 fully saturated rings. The highest BCUT2D eigenvalue weighted by molar-refractivity contribution is 5.83. The SMILES string of the molecule is O=C(O)C(O)C(O)C(=O)O.O=C(O)OC1CCN1. The first-order valence-electron chi connectivity index (χ1n) is 4.70. The molecule has 1 aliphatic rings. The third-order valence-electron chi connectivity index (χ3n) is 1.83. The molecule has 3 atom stereocenters. The fourth-order valence-electron chi connectivity index (χ4n) is 0.755. The molecule has 0 bridgehead atoms. The summed E-state index contributed by atoms with van der Waals surface area (Å²) in [5, 5.41) is 43.3. The van der Waals surface area contributed by atoms with E-state index >= 15 is 0 Å². The highest BCUT2D eigenvalue weighted by Gasteiger charge is 2.29. The fraction of sp³-hybridized carbons (Fsp3) is 0.625. The van der Waals surface area contributed by atoms with Gasteiger partial charge in [-0.2, -0.15) is 0 Å². The van der Waals surface area contributed by atoms with Crippen LogP contribution in [0.15, 0.2) is 0 Å². The quantitative estimate of drug-likeness (QED) is 0.309. The van der Waals surface area contributed by atoms with Crippen molar-refractivity contribution in [1.82, 2.24) is 5.32 Å². The molecule has 10 heteroatoms. The molecule has 0 aromatic carbocycles. The van der Waals surface area contributed by atoms with Crippen LogP contribution in [0.1, 0.15) is 6.42 Å². The number of aliphatic hydroxyl groups is 2. The first kappa shape index (κ1) is 16.1. The van der Waals surface area contributed by atoms with Gasteiger partial charge < -0.3 is 30.3 Å². The van der Waals surface area contributed by atoms with Crippen molar-refractivity contribution in [2.75, 3.05) is 6.54 Å². The van der Waals surface area contributed by atoms with Crippen molar-refractivity contribution in [3.8, 4) is 0 Å². The molecule has 6 N–H and O–H groups in total. The van der Waals surface area contributed by atoms with Gasteiger partial charge in [-0.15, -0.1) is 0 Å². The second-order valence-electron chi connectivity index (χ2n) is 3.18. The molecule has 0 aliphatic carbocycles. The first-order chi connectivity index (χ1) is 8.25. The lowest BCUT2D eigenvalue weighted by molar-refractivity contribution is -0.165. The van der Waals surface area contributed by atoms with Crippen LogP contribution in [0.5, 0.6) is 0 Å². The monoisotopic (exact) mass is 267 g/mol. The molecule has 18 heavy (non-hydrogen) atoms. The number of carboxylic acid groups (broad SMARTS) is 3. The zero-order valence-corrected chi connectivity index (χ0v) is 9.02. The summed E-state index contributed by atoms with van der Waals surface area (Å²) in [5.41, 5.74) is 0. The van der Waals surface area contributed by atoms with Crippen LogP contribution in [-0.2, 0) is 14.3 Å². The predicted molar refractivity (Wildman–Crippen MR) is 52.8 cm³/mol. The van der Waals surface area contributed by atoms with Crippen LogP contribution in [0.25, 0.3) is 0 Å². The molecule has 104 valence electrons. The smallest absolute Gasteiger partial charge is 0.479 e. The summed E-state index contributed by atoms with van der Waals surface area (Å²) in [5.74, 6) is -3.54. The molecule has 1 rings (SSSR count). The Hall–Kier alpha value is -1.91. The molecule has 1 saturated heterocycles. The maximum atomic E-state index is 9.77. The number of rotatable bonds is 4. The van der Waals surface area contributed by atoms with Crippen LogP contribution in [0, 0.1) is 0 Å². The molecule has 0 aromatic rings. The van der Waals surface area contributed by atoms with Gasteiger partial charge in [0.25, 0.3) is 0 Å². The molecular formula is C8H13NO9. The van der Waals surface area contributed by atoms with Crippen molar-refractivity contribution in [3.63, 3.8) is 0 Å². The van der Waals surface area contributed by atoms with Crippen LogP contribution in [-0.4, -0.2) is 68.6 Å². The zero-order chi connectivity index (χ0) is 14.3. The van der Waals surface area contributed by atoms with Crippen molar-refractivity contribution >= 4 is 18.1 Å². The number of carboxylic acids is 2. The van der Waals surface area contributed by atoms with Gasteiger partial charge in [-0.25, -0.2) is 14.4 Å². The van der Waals surface area contributed by atoms with E-state index in [0.29, 0.717) is 0 Å². The molecule has 0 spiro atoms. The van der Waals surface area contributed by atoms with Gasteiger partial charge in [-0.1, -0.05) is 0 Å². The van der Waals surface area contributed by atoms with Crippen LogP contribution >= 0.6 is 0 Å². The molecular weight excluding hydrogens is 254 g/mol. The Labute approximate surface area is 100 Å². The largest absolute Gasteiger partial charge is 0.507 e. The van der Waals surface area contributed by atoms with E-state index in [0.717, 1.165) is 13.0 Å². The number of ether oxygens (including phenoxy) is 1. The summed E-state index contributed by atoms with van der Waals surface area (Å²) < 4.78 is 4.29. The minimum Gasteiger partial charge on any atom is -0.479 e.